The molecule has 0 aromatic rings. The van der Waals surface area contributed by atoms with Crippen LogP contribution in [-0.4, -0.2) is 80.7 Å². The Morgan fingerprint density at radius 2 is 1.82 bits per heavy atom. The maximum absolute atomic E-state index is 11.8. The van der Waals surface area contributed by atoms with Gasteiger partial charge in [0, 0.05) is 39.8 Å². The van der Waals surface area contributed by atoms with Crippen LogP contribution in [0.4, 0.5) is 4.79 Å². The van der Waals surface area contributed by atoms with Crippen molar-refractivity contribution in [3.05, 3.63) is 0 Å². The zero-order chi connectivity index (χ0) is 20.1. The molecular formula is C19H38IN5O3. The molecule has 0 bridgehead atoms. The van der Waals surface area contributed by atoms with E-state index in [0.29, 0.717) is 25.7 Å². The highest BCUT2D eigenvalue weighted by atomic mass is 127. The van der Waals surface area contributed by atoms with Crippen molar-refractivity contribution in [2.75, 3.05) is 46.9 Å². The molecule has 1 rings (SSSR count). The molecule has 0 unspecified atom stereocenters. The minimum atomic E-state index is -0.240. The Morgan fingerprint density at radius 1 is 1.14 bits per heavy atom. The molecule has 1 fully saturated rings. The Labute approximate surface area is 186 Å². The molecule has 9 heteroatoms. The van der Waals surface area contributed by atoms with Gasteiger partial charge in [-0.25, -0.2) is 9.79 Å². The van der Waals surface area contributed by atoms with Crippen molar-refractivity contribution in [1.29, 1.82) is 0 Å². The van der Waals surface area contributed by atoms with Gasteiger partial charge in [-0.05, 0) is 26.2 Å². The summed E-state index contributed by atoms with van der Waals surface area (Å²) >= 11 is 0. The molecule has 1 heterocycles. The van der Waals surface area contributed by atoms with Crippen LogP contribution in [0.5, 0.6) is 0 Å². The summed E-state index contributed by atoms with van der Waals surface area (Å²) in [6.07, 6.45) is 6.12. The summed E-state index contributed by atoms with van der Waals surface area (Å²) in [6.45, 7) is 6.69. The highest BCUT2D eigenvalue weighted by Gasteiger charge is 2.24. The van der Waals surface area contributed by atoms with Gasteiger partial charge in [-0.1, -0.05) is 26.2 Å². The number of unbranched alkanes of at least 4 members (excludes halogenated alkanes) is 3. The molecule has 0 aromatic heterocycles. The number of guanidine groups is 1. The number of likely N-dealkylation sites (N-methyl/N-ethyl adjacent to an activating group) is 1. The minimum absolute atomic E-state index is 0. The first-order chi connectivity index (χ1) is 13.0. The van der Waals surface area contributed by atoms with E-state index in [9.17, 15) is 9.59 Å². The topological polar surface area (TPSA) is 86.3 Å². The van der Waals surface area contributed by atoms with Crippen molar-refractivity contribution >= 4 is 41.9 Å². The first-order valence-electron chi connectivity index (χ1n) is 10.1. The van der Waals surface area contributed by atoms with Gasteiger partial charge in [0.05, 0.1) is 6.61 Å². The Bertz CT molecular complexity index is 480. The Kier molecular flexibility index (Phi) is 14.9. The van der Waals surface area contributed by atoms with Crippen molar-refractivity contribution in [3.8, 4) is 0 Å². The van der Waals surface area contributed by atoms with Crippen molar-refractivity contribution in [3.63, 3.8) is 0 Å². The summed E-state index contributed by atoms with van der Waals surface area (Å²) < 4.78 is 5.06. The molecule has 8 nitrogen and oxygen atoms in total. The lowest BCUT2D eigenvalue weighted by atomic mass is 10.1. The van der Waals surface area contributed by atoms with Gasteiger partial charge in [0.25, 0.3) is 0 Å². The van der Waals surface area contributed by atoms with Gasteiger partial charge in [0.15, 0.2) is 5.96 Å². The molecule has 0 radical (unpaired) electrons. The van der Waals surface area contributed by atoms with Crippen molar-refractivity contribution in [2.45, 2.75) is 58.4 Å². The molecule has 1 aliphatic heterocycles. The van der Waals surface area contributed by atoms with Crippen LogP contribution in [0.25, 0.3) is 0 Å². The first-order valence-corrected chi connectivity index (χ1v) is 10.1. The largest absolute Gasteiger partial charge is 0.450 e. The summed E-state index contributed by atoms with van der Waals surface area (Å²) in [5, 5.41) is 6.76. The second-order valence-electron chi connectivity index (χ2n) is 7.05. The number of ether oxygens (including phenoxy) is 1. The molecule has 0 aromatic carbocycles. The molecule has 1 saturated heterocycles. The van der Waals surface area contributed by atoms with Crippen LogP contribution in [0, 0.1) is 0 Å². The normalized spacial score (nSPS) is 14.9. The smallest absolute Gasteiger partial charge is 0.409 e. The van der Waals surface area contributed by atoms with Crippen LogP contribution in [0.2, 0.25) is 0 Å². The predicted molar refractivity (Wildman–Crippen MR) is 123 cm³/mol. The Balaban J connectivity index is 0.00000729. The maximum Gasteiger partial charge on any atom is 0.409 e. The van der Waals surface area contributed by atoms with E-state index in [-0.39, 0.29) is 48.6 Å². The lowest BCUT2D eigenvalue weighted by Gasteiger charge is -2.32. The monoisotopic (exact) mass is 511 g/mol. The summed E-state index contributed by atoms with van der Waals surface area (Å²) in [7, 11) is 3.46. The van der Waals surface area contributed by atoms with E-state index in [0.717, 1.165) is 25.8 Å². The van der Waals surface area contributed by atoms with Crippen molar-refractivity contribution in [2.24, 2.45) is 4.99 Å². The number of nitrogens with one attached hydrogen (secondary N) is 2. The molecule has 0 atom stereocenters. The number of hydrogen-bond acceptors (Lipinski definition) is 4. The number of carbonyl (C=O) groups excluding carboxylic acids is 2. The zero-order valence-corrected chi connectivity index (χ0v) is 20.2. The van der Waals surface area contributed by atoms with Gasteiger partial charge >= 0.3 is 6.09 Å². The van der Waals surface area contributed by atoms with Gasteiger partial charge < -0.3 is 25.2 Å². The minimum Gasteiger partial charge on any atom is -0.450 e. The highest BCUT2D eigenvalue weighted by molar-refractivity contribution is 14.0. The van der Waals surface area contributed by atoms with E-state index >= 15 is 0 Å². The van der Waals surface area contributed by atoms with E-state index in [4.69, 9.17) is 4.74 Å². The van der Waals surface area contributed by atoms with E-state index in [2.05, 4.69) is 22.5 Å². The fraction of sp³-hybridized carbons (Fsp3) is 0.842. The Morgan fingerprint density at radius 3 is 2.39 bits per heavy atom. The molecule has 0 spiro atoms. The SMILES string of the molecule is CCCCCCNC(=NCC(=O)N(C)C)NC1CCN(C(=O)OCC)CC1.I. The van der Waals surface area contributed by atoms with Crippen LogP contribution in [0.3, 0.4) is 0 Å². The maximum atomic E-state index is 11.8. The second-order valence-corrected chi connectivity index (χ2v) is 7.05. The molecule has 28 heavy (non-hydrogen) atoms. The van der Waals surface area contributed by atoms with Crippen molar-refractivity contribution < 1.29 is 14.3 Å². The van der Waals surface area contributed by atoms with E-state index in [1.165, 1.54) is 19.3 Å². The second kappa shape index (κ2) is 15.6. The number of nitrogens with zero attached hydrogens (tertiary/aromatic N) is 3. The highest BCUT2D eigenvalue weighted by Crippen LogP contribution is 2.11. The van der Waals surface area contributed by atoms with Gasteiger partial charge in [0.1, 0.15) is 6.54 Å². The molecule has 2 amide bonds. The summed E-state index contributed by atoms with van der Waals surface area (Å²) in [5.74, 6) is 0.649. The third kappa shape index (κ3) is 10.9. The average Bonchev–Trinajstić information content (AvgIpc) is 2.66. The molecule has 0 aliphatic carbocycles. The lowest BCUT2D eigenvalue weighted by Crippen LogP contribution is -2.50. The fourth-order valence-corrected chi connectivity index (χ4v) is 2.81. The molecule has 1 aliphatic rings. The molecule has 164 valence electrons. The quantitative estimate of drug-likeness (QED) is 0.215. The van der Waals surface area contributed by atoms with E-state index in [1.807, 2.05) is 6.92 Å². The van der Waals surface area contributed by atoms with Crippen LogP contribution >= 0.6 is 24.0 Å². The van der Waals surface area contributed by atoms with Crippen molar-refractivity contribution in [1.82, 2.24) is 20.4 Å². The number of hydrogen-bond donors (Lipinski definition) is 2. The molecular weight excluding hydrogens is 473 g/mol. The van der Waals surface area contributed by atoms with Gasteiger partial charge in [-0.2, -0.15) is 0 Å². The third-order valence-corrected chi connectivity index (χ3v) is 4.56. The lowest BCUT2D eigenvalue weighted by molar-refractivity contribution is -0.127. The summed E-state index contributed by atoms with van der Waals surface area (Å²) in [5.41, 5.74) is 0. The number of amides is 2. The molecule has 0 saturated carbocycles. The first kappa shape index (κ1) is 26.7. The summed E-state index contributed by atoms with van der Waals surface area (Å²) in [4.78, 5) is 31.4. The molecule has 2 N–H and O–H groups in total. The van der Waals surface area contributed by atoms with Gasteiger partial charge in [-0.3, -0.25) is 4.79 Å². The predicted octanol–water partition coefficient (Wildman–Crippen LogP) is 2.43. The number of aliphatic imine (C=N–C) groups is 1. The van der Waals surface area contributed by atoms with Crippen LogP contribution in [0.15, 0.2) is 4.99 Å². The Hall–Kier alpha value is -1.26. The number of piperidine rings is 1. The standard InChI is InChI=1S/C19H37N5O3.HI/c1-5-7-8-9-12-20-18(21-15-17(25)23(3)4)22-16-10-13-24(14-11-16)19(26)27-6-2;/h16H,5-15H2,1-4H3,(H2,20,21,22);1H. The zero-order valence-electron chi connectivity index (χ0n) is 17.8. The van der Waals surface area contributed by atoms with Gasteiger partial charge in [-0.15, -0.1) is 24.0 Å². The van der Waals surface area contributed by atoms with E-state index < -0.39 is 0 Å². The number of halogens is 1. The fourth-order valence-electron chi connectivity index (χ4n) is 2.81. The van der Waals surface area contributed by atoms with Crippen LogP contribution in [-0.2, 0) is 9.53 Å². The summed E-state index contributed by atoms with van der Waals surface area (Å²) in [6, 6.07) is 0.229. The van der Waals surface area contributed by atoms with Gasteiger partial charge in [0.2, 0.25) is 5.91 Å². The average molecular weight is 511 g/mol. The van der Waals surface area contributed by atoms with E-state index in [1.54, 1.807) is 23.9 Å². The van der Waals surface area contributed by atoms with Crippen LogP contribution in [0.1, 0.15) is 52.4 Å². The van der Waals surface area contributed by atoms with Crippen LogP contribution < -0.4 is 10.6 Å². The number of rotatable bonds is 9. The third-order valence-electron chi connectivity index (χ3n) is 4.56. The number of carbonyl (C=O) groups is 2. The number of likely N-dealkylation sites (tertiary alicyclic amines) is 1.